The van der Waals surface area contributed by atoms with E-state index in [0.717, 1.165) is 18.7 Å². The lowest BCUT2D eigenvalue weighted by atomic mass is 9.73. The second kappa shape index (κ2) is 10.5. The third-order valence-corrected chi connectivity index (χ3v) is 6.83. The first-order chi connectivity index (χ1) is 18.7. The summed E-state index contributed by atoms with van der Waals surface area (Å²) < 4.78 is 62.5. The van der Waals surface area contributed by atoms with Gasteiger partial charge in [-0.25, -0.2) is 24.6 Å². The van der Waals surface area contributed by atoms with Gasteiger partial charge in [-0.3, -0.25) is 0 Å². The van der Waals surface area contributed by atoms with E-state index in [4.69, 9.17) is 9.84 Å². The van der Waals surface area contributed by atoms with Gasteiger partial charge in [0, 0.05) is 11.6 Å². The van der Waals surface area contributed by atoms with Crippen molar-refractivity contribution in [2.45, 2.75) is 31.7 Å². The van der Waals surface area contributed by atoms with Crippen molar-refractivity contribution in [2.75, 3.05) is 12.5 Å². The first-order valence-corrected chi connectivity index (χ1v) is 12.2. The zero-order valence-corrected chi connectivity index (χ0v) is 20.7. The molecule has 0 saturated heterocycles. The van der Waals surface area contributed by atoms with Crippen LogP contribution in [0.1, 0.15) is 59.2 Å². The second-order valence-electron chi connectivity index (χ2n) is 9.25. The van der Waals surface area contributed by atoms with Crippen LogP contribution < -0.4 is 15.6 Å². The lowest BCUT2D eigenvalue weighted by Gasteiger charge is -2.32. The van der Waals surface area contributed by atoms with Gasteiger partial charge in [0.05, 0.1) is 24.7 Å². The van der Waals surface area contributed by atoms with Gasteiger partial charge in [-0.2, -0.15) is 13.2 Å². The first-order valence-electron chi connectivity index (χ1n) is 12.2. The number of carbonyl (C=O) groups is 1. The highest BCUT2D eigenvalue weighted by Gasteiger charge is 2.41. The first kappa shape index (κ1) is 26.4. The predicted octanol–water partition coefficient (Wildman–Crippen LogP) is 6.26. The van der Waals surface area contributed by atoms with Crippen LogP contribution in [0.3, 0.4) is 0 Å². The molecule has 202 valence electrons. The number of methoxy groups -OCH3 is 1. The number of nitrogens with one attached hydrogen (secondary N) is 2. The molecule has 39 heavy (non-hydrogen) atoms. The maximum Gasteiger partial charge on any atom is 0.435 e. The highest BCUT2D eigenvalue weighted by atomic mass is 19.4. The highest BCUT2D eigenvalue weighted by molar-refractivity contribution is 6.00. The van der Waals surface area contributed by atoms with E-state index in [1.54, 1.807) is 42.5 Å². The van der Waals surface area contributed by atoms with Crippen molar-refractivity contribution in [3.8, 4) is 5.88 Å². The summed E-state index contributed by atoms with van der Waals surface area (Å²) in [6, 6.07) is 11.8. The van der Waals surface area contributed by atoms with E-state index in [0.29, 0.717) is 51.9 Å². The Balaban J connectivity index is 1.79. The average molecular weight is 541 g/mol. The summed E-state index contributed by atoms with van der Waals surface area (Å²) in [6.45, 7) is 0. The zero-order chi connectivity index (χ0) is 27.7. The highest BCUT2D eigenvalue weighted by Crippen LogP contribution is 2.48. The lowest BCUT2D eigenvalue weighted by molar-refractivity contribution is -0.142. The number of fused-ring (bicyclic) bond motifs is 1. The van der Waals surface area contributed by atoms with E-state index in [1.807, 2.05) is 0 Å². The fourth-order valence-electron chi connectivity index (χ4n) is 4.75. The summed E-state index contributed by atoms with van der Waals surface area (Å²) in [4.78, 5) is 18.9. The molecule has 2 aliphatic rings. The molecule has 7 nitrogen and oxygen atoms in total. The molecule has 1 aromatic heterocycles. The quantitative estimate of drug-likeness (QED) is 0.185. The Labute approximate surface area is 221 Å². The second-order valence-corrected chi connectivity index (χ2v) is 9.25. The van der Waals surface area contributed by atoms with Crippen LogP contribution in [0.2, 0.25) is 0 Å². The van der Waals surface area contributed by atoms with Gasteiger partial charge in [0.15, 0.2) is 12.0 Å². The molecule has 1 aliphatic heterocycles. The number of halogens is 4. The number of anilines is 1. The Hall–Kier alpha value is -4.25. The van der Waals surface area contributed by atoms with Gasteiger partial charge in [0.2, 0.25) is 5.88 Å². The van der Waals surface area contributed by atoms with E-state index >= 15 is 0 Å². The van der Waals surface area contributed by atoms with E-state index < -0.39 is 24.1 Å². The summed E-state index contributed by atoms with van der Waals surface area (Å²) in [5.41, 5.74) is 7.18. The van der Waals surface area contributed by atoms with Gasteiger partial charge in [0.1, 0.15) is 0 Å². The van der Waals surface area contributed by atoms with Crippen molar-refractivity contribution < 1.29 is 32.2 Å². The molecule has 3 N–H and O–H groups in total. The number of allylic oxidation sites excluding steroid dienone is 1. The van der Waals surface area contributed by atoms with Crippen molar-refractivity contribution in [1.29, 1.82) is 0 Å². The van der Waals surface area contributed by atoms with Crippen LogP contribution in [0.5, 0.6) is 5.88 Å². The van der Waals surface area contributed by atoms with Gasteiger partial charge in [-0.1, -0.05) is 36.8 Å². The third-order valence-electron chi connectivity index (χ3n) is 6.83. The molecule has 11 heteroatoms. The maximum absolute atomic E-state index is 14.6. The number of aromatic nitrogens is 2. The average Bonchev–Trinajstić information content (AvgIpc) is 3.26. The molecule has 0 amide bonds. The minimum atomic E-state index is -4.81. The van der Waals surface area contributed by atoms with E-state index in [1.165, 1.54) is 13.2 Å². The SMILES string of the molecule is COc1cnc(/C(=C(\c2ccc(/C=C/C(=O)O)cc2)c2ccc3c(c2)C(F)NN3)C2CCC2)c(C(F)(F)F)n1. The molecular weight excluding hydrogens is 516 g/mol. The summed E-state index contributed by atoms with van der Waals surface area (Å²) in [6.07, 6.45) is -0.576. The van der Waals surface area contributed by atoms with Crippen LogP contribution in [0.15, 0.2) is 54.7 Å². The van der Waals surface area contributed by atoms with Gasteiger partial charge in [-0.05, 0) is 64.8 Å². The number of alkyl halides is 4. The summed E-state index contributed by atoms with van der Waals surface area (Å²) >= 11 is 0. The molecule has 1 aliphatic carbocycles. The number of hydrogen-bond donors (Lipinski definition) is 3. The Bertz CT molecular complexity index is 1460. The standard InChI is InChI=1S/C28H24F4N4O3/c1-39-21-14-33-25(26(34-21)28(30,31)32)24(16-3-2-4-16)23(17-8-5-15(6-9-17)7-12-22(37)38)18-10-11-20-19(13-18)27(29)36-35-20/h5-14,16,27,35-36H,2-4H2,1H3,(H,37,38)/b12-7+,24-23+. The van der Waals surface area contributed by atoms with Crippen LogP contribution in [0, 0.1) is 5.92 Å². The Morgan fingerprint density at radius 2 is 1.85 bits per heavy atom. The largest absolute Gasteiger partial charge is 0.480 e. The van der Waals surface area contributed by atoms with Gasteiger partial charge in [-0.15, -0.1) is 0 Å². The number of benzene rings is 2. The number of hydrazine groups is 1. The molecule has 2 heterocycles. The van der Waals surface area contributed by atoms with Crippen LogP contribution in [0.4, 0.5) is 23.2 Å². The normalized spacial score (nSPS) is 17.8. The fraction of sp³-hybridized carbons (Fsp3) is 0.250. The molecule has 2 aromatic carbocycles. The van der Waals surface area contributed by atoms with Crippen molar-refractivity contribution in [1.82, 2.24) is 15.4 Å². The number of carboxylic acid groups (broad SMARTS) is 1. The van der Waals surface area contributed by atoms with E-state index in [9.17, 15) is 22.4 Å². The van der Waals surface area contributed by atoms with Crippen LogP contribution in [-0.2, 0) is 11.0 Å². The molecule has 5 rings (SSSR count). The van der Waals surface area contributed by atoms with Gasteiger partial charge >= 0.3 is 12.1 Å². The molecular formula is C28H24F4N4O3. The van der Waals surface area contributed by atoms with Crippen molar-refractivity contribution in [3.05, 3.63) is 88.4 Å². The van der Waals surface area contributed by atoms with Crippen LogP contribution in [0.25, 0.3) is 17.2 Å². The molecule has 0 spiro atoms. The van der Waals surface area contributed by atoms with Gasteiger partial charge < -0.3 is 15.3 Å². The van der Waals surface area contributed by atoms with Crippen LogP contribution >= 0.6 is 0 Å². The zero-order valence-electron chi connectivity index (χ0n) is 20.7. The number of carboxylic acids is 1. The topological polar surface area (TPSA) is 96.4 Å². The molecule has 1 saturated carbocycles. The number of nitrogens with zero attached hydrogens (tertiary/aromatic N) is 2. The van der Waals surface area contributed by atoms with Gasteiger partial charge in [0.25, 0.3) is 0 Å². The van der Waals surface area contributed by atoms with Crippen molar-refractivity contribution in [3.63, 3.8) is 0 Å². The molecule has 1 atom stereocenters. The minimum Gasteiger partial charge on any atom is -0.480 e. The molecule has 1 unspecified atom stereocenters. The Morgan fingerprint density at radius 1 is 1.13 bits per heavy atom. The van der Waals surface area contributed by atoms with E-state index in [-0.39, 0.29) is 17.5 Å². The van der Waals surface area contributed by atoms with Crippen LogP contribution in [-0.4, -0.2) is 28.2 Å². The summed E-state index contributed by atoms with van der Waals surface area (Å²) in [5.74, 6) is -1.60. The fourth-order valence-corrected chi connectivity index (χ4v) is 4.75. The minimum absolute atomic E-state index is 0.235. The summed E-state index contributed by atoms with van der Waals surface area (Å²) in [7, 11) is 1.22. The Kier molecular flexibility index (Phi) is 7.09. The van der Waals surface area contributed by atoms with E-state index in [2.05, 4.69) is 20.8 Å². The predicted molar refractivity (Wildman–Crippen MR) is 137 cm³/mol. The molecule has 0 bridgehead atoms. The number of hydrogen-bond acceptors (Lipinski definition) is 6. The number of aliphatic carboxylic acids is 1. The number of ether oxygens (including phenoxy) is 1. The smallest absolute Gasteiger partial charge is 0.435 e. The summed E-state index contributed by atoms with van der Waals surface area (Å²) in [5, 5.41) is 8.94. The van der Waals surface area contributed by atoms with Crippen molar-refractivity contribution >= 4 is 28.9 Å². The molecule has 1 fully saturated rings. The monoisotopic (exact) mass is 540 g/mol. The number of rotatable bonds is 7. The molecule has 0 radical (unpaired) electrons. The maximum atomic E-state index is 14.6. The molecule has 3 aromatic rings. The van der Waals surface area contributed by atoms with Crippen molar-refractivity contribution in [2.24, 2.45) is 5.92 Å². The third kappa shape index (κ3) is 5.35. The lowest BCUT2D eigenvalue weighted by Crippen LogP contribution is -2.21. The Morgan fingerprint density at radius 3 is 2.46 bits per heavy atom.